The lowest BCUT2D eigenvalue weighted by Crippen LogP contribution is -2.37. The van der Waals surface area contributed by atoms with Crippen molar-refractivity contribution in [1.82, 2.24) is 30.5 Å². The van der Waals surface area contributed by atoms with Crippen LogP contribution in [-0.4, -0.2) is 62.5 Å². The molecule has 2 N–H and O–H groups in total. The normalized spacial score (nSPS) is 15.7. The Kier molecular flexibility index (Phi) is 7.19. The molecule has 0 radical (unpaired) electrons. The number of aromatic nitrogens is 5. The van der Waals surface area contributed by atoms with Crippen molar-refractivity contribution >= 4 is 18.4 Å². The molecular weight excluding hydrogens is 418 g/mol. The lowest BCUT2D eigenvalue weighted by Gasteiger charge is -2.18. The number of nitrogens with one attached hydrogen (secondary N) is 1. The van der Waals surface area contributed by atoms with Gasteiger partial charge in [-0.3, -0.25) is 0 Å². The number of aromatic hydroxyl groups is 1. The van der Waals surface area contributed by atoms with Crippen LogP contribution in [0.3, 0.4) is 0 Å². The summed E-state index contributed by atoms with van der Waals surface area (Å²) in [5, 5.41) is 22.7. The monoisotopic (exact) mass is 443 g/mol. The van der Waals surface area contributed by atoms with Crippen molar-refractivity contribution in [3.05, 3.63) is 36.8 Å². The molecule has 0 amide bonds. The molecule has 0 aliphatic carbocycles. The van der Waals surface area contributed by atoms with Gasteiger partial charge in [-0.1, -0.05) is 19.9 Å². The standard InChI is InChI=1S/C21H25N7O2.ClH/c1-13(2)25-15-6-7-28(11-15)21-22-10-18(26-27-21)16-5-4-14(8-19(16)29)17-9-20(30-3)24-12-23-17;/h4-5,8-10,12-13,15,25,29H,6-7,11H2,1-3H3;1H/t15-;/m0./s1. The first-order valence-corrected chi connectivity index (χ1v) is 9.94. The largest absolute Gasteiger partial charge is 0.507 e. The third-order valence-electron chi connectivity index (χ3n) is 5.01. The summed E-state index contributed by atoms with van der Waals surface area (Å²) < 4.78 is 5.13. The number of phenols is 1. The first-order valence-electron chi connectivity index (χ1n) is 9.94. The van der Waals surface area contributed by atoms with E-state index in [1.165, 1.54) is 6.33 Å². The van der Waals surface area contributed by atoms with Crippen LogP contribution in [-0.2, 0) is 0 Å². The minimum Gasteiger partial charge on any atom is -0.507 e. The number of benzene rings is 1. The fourth-order valence-electron chi connectivity index (χ4n) is 3.60. The minimum absolute atomic E-state index is 0. The van der Waals surface area contributed by atoms with Crippen molar-refractivity contribution < 1.29 is 9.84 Å². The molecule has 31 heavy (non-hydrogen) atoms. The van der Waals surface area contributed by atoms with Gasteiger partial charge in [0.15, 0.2) is 0 Å². The van der Waals surface area contributed by atoms with E-state index in [0.29, 0.717) is 40.9 Å². The van der Waals surface area contributed by atoms with Gasteiger partial charge in [-0.25, -0.2) is 15.0 Å². The van der Waals surface area contributed by atoms with Crippen molar-refractivity contribution in [2.24, 2.45) is 0 Å². The van der Waals surface area contributed by atoms with E-state index in [2.05, 4.69) is 49.2 Å². The molecule has 3 aromatic rings. The van der Waals surface area contributed by atoms with Crippen LogP contribution in [0, 0.1) is 0 Å². The van der Waals surface area contributed by atoms with E-state index in [1.807, 2.05) is 6.07 Å². The molecule has 1 aliphatic rings. The summed E-state index contributed by atoms with van der Waals surface area (Å²) in [4.78, 5) is 14.8. The van der Waals surface area contributed by atoms with Crippen molar-refractivity contribution in [3.63, 3.8) is 0 Å². The zero-order valence-electron chi connectivity index (χ0n) is 17.7. The second-order valence-electron chi connectivity index (χ2n) is 7.57. The number of halogens is 1. The van der Waals surface area contributed by atoms with Gasteiger partial charge < -0.3 is 20.1 Å². The summed E-state index contributed by atoms with van der Waals surface area (Å²) in [6, 6.07) is 7.87. The zero-order valence-corrected chi connectivity index (χ0v) is 18.5. The Hall–Kier alpha value is -3.04. The molecule has 0 unspecified atom stereocenters. The molecule has 0 saturated carbocycles. The number of ether oxygens (including phenoxy) is 1. The van der Waals surface area contributed by atoms with E-state index in [4.69, 9.17) is 4.74 Å². The summed E-state index contributed by atoms with van der Waals surface area (Å²) in [5.41, 5.74) is 2.48. The zero-order chi connectivity index (χ0) is 21.1. The SMILES string of the molecule is COc1cc(-c2ccc(-c3cnc(N4CC[C@H](NC(C)C)C4)nn3)c(O)c2)ncn1.Cl. The van der Waals surface area contributed by atoms with Gasteiger partial charge in [-0.05, 0) is 18.6 Å². The summed E-state index contributed by atoms with van der Waals surface area (Å²) in [5.74, 6) is 1.15. The lowest BCUT2D eigenvalue weighted by molar-refractivity contribution is 0.397. The number of hydrogen-bond acceptors (Lipinski definition) is 9. The van der Waals surface area contributed by atoms with Crippen LogP contribution < -0.4 is 15.0 Å². The number of anilines is 1. The van der Waals surface area contributed by atoms with Crippen LogP contribution in [0.2, 0.25) is 0 Å². The molecule has 1 fully saturated rings. The van der Waals surface area contributed by atoms with Crippen LogP contribution in [0.1, 0.15) is 20.3 Å². The molecule has 1 aliphatic heterocycles. The third kappa shape index (κ3) is 5.18. The van der Waals surface area contributed by atoms with Crippen LogP contribution in [0.15, 0.2) is 36.8 Å². The number of hydrogen-bond donors (Lipinski definition) is 2. The molecule has 1 atom stereocenters. The van der Waals surface area contributed by atoms with Crippen molar-refractivity contribution in [2.45, 2.75) is 32.4 Å². The van der Waals surface area contributed by atoms with Gasteiger partial charge in [0.1, 0.15) is 17.8 Å². The smallest absolute Gasteiger partial charge is 0.245 e. The van der Waals surface area contributed by atoms with E-state index in [0.717, 1.165) is 25.1 Å². The lowest BCUT2D eigenvalue weighted by atomic mass is 10.1. The fourth-order valence-corrected chi connectivity index (χ4v) is 3.60. The molecule has 1 saturated heterocycles. The minimum atomic E-state index is 0. The predicted octanol–water partition coefficient (Wildman–Crippen LogP) is 2.71. The maximum absolute atomic E-state index is 10.5. The average molecular weight is 444 g/mol. The van der Waals surface area contributed by atoms with Gasteiger partial charge in [-0.2, -0.15) is 0 Å². The second-order valence-corrected chi connectivity index (χ2v) is 7.57. The fraction of sp³-hybridized carbons (Fsp3) is 0.381. The Morgan fingerprint density at radius 1 is 1.13 bits per heavy atom. The topological polar surface area (TPSA) is 109 Å². The Balaban J connectivity index is 0.00000272. The highest BCUT2D eigenvalue weighted by molar-refractivity contribution is 5.85. The van der Waals surface area contributed by atoms with Crippen LogP contribution >= 0.6 is 12.4 Å². The Bertz CT molecular complexity index is 1020. The molecule has 3 heterocycles. The van der Waals surface area contributed by atoms with Gasteiger partial charge >= 0.3 is 0 Å². The molecular formula is C21H26ClN7O2. The van der Waals surface area contributed by atoms with E-state index in [1.54, 1.807) is 31.5 Å². The number of phenolic OH excluding ortho intramolecular Hbond substituents is 1. The summed E-state index contributed by atoms with van der Waals surface area (Å²) in [6.45, 7) is 6.05. The average Bonchev–Trinajstić information content (AvgIpc) is 3.21. The molecule has 164 valence electrons. The Morgan fingerprint density at radius 3 is 2.65 bits per heavy atom. The van der Waals surface area contributed by atoms with Crippen LogP contribution in [0.25, 0.3) is 22.5 Å². The summed E-state index contributed by atoms with van der Waals surface area (Å²) in [6.07, 6.45) is 4.13. The number of rotatable bonds is 6. The van der Waals surface area contributed by atoms with Gasteiger partial charge in [0.2, 0.25) is 11.8 Å². The molecule has 0 spiro atoms. The molecule has 9 nitrogen and oxygen atoms in total. The highest BCUT2D eigenvalue weighted by atomic mass is 35.5. The maximum Gasteiger partial charge on any atom is 0.245 e. The van der Waals surface area contributed by atoms with Gasteiger partial charge in [0.05, 0.1) is 19.0 Å². The first-order chi connectivity index (χ1) is 14.5. The Morgan fingerprint density at radius 2 is 1.97 bits per heavy atom. The molecule has 10 heteroatoms. The summed E-state index contributed by atoms with van der Waals surface area (Å²) >= 11 is 0. The molecule has 4 rings (SSSR count). The highest BCUT2D eigenvalue weighted by Gasteiger charge is 2.25. The van der Waals surface area contributed by atoms with Gasteiger partial charge in [0, 0.05) is 42.4 Å². The second kappa shape index (κ2) is 9.84. The van der Waals surface area contributed by atoms with E-state index >= 15 is 0 Å². The Labute approximate surface area is 187 Å². The first kappa shape index (κ1) is 22.6. The number of methoxy groups -OCH3 is 1. The van der Waals surface area contributed by atoms with Gasteiger partial charge in [0.25, 0.3) is 0 Å². The van der Waals surface area contributed by atoms with E-state index in [9.17, 15) is 5.11 Å². The molecule has 0 bridgehead atoms. The third-order valence-corrected chi connectivity index (χ3v) is 5.01. The van der Waals surface area contributed by atoms with Crippen LogP contribution in [0.5, 0.6) is 11.6 Å². The molecule has 2 aromatic heterocycles. The van der Waals surface area contributed by atoms with Gasteiger partial charge in [-0.15, -0.1) is 22.6 Å². The van der Waals surface area contributed by atoms with Crippen molar-refractivity contribution in [2.75, 3.05) is 25.1 Å². The summed E-state index contributed by atoms with van der Waals surface area (Å²) in [7, 11) is 1.55. The highest BCUT2D eigenvalue weighted by Crippen LogP contribution is 2.32. The van der Waals surface area contributed by atoms with E-state index in [-0.39, 0.29) is 18.2 Å². The van der Waals surface area contributed by atoms with Crippen LogP contribution in [0.4, 0.5) is 5.95 Å². The maximum atomic E-state index is 10.5. The predicted molar refractivity (Wildman–Crippen MR) is 121 cm³/mol. The molecule has 1 aromatic carbocycles. The van der Waals surface area contributed by atoms with Crippen molar-refractivity contribution in [1.29, 1.82) is 0 Å². The number of nitrogens with zero attached hydrogens (tertiary/aromatic N) is 6. The quantitative estimate of drug-likeness (QED) is 0.594. The van der Waals surface area contributed by atoms with Crippen molar-refractivity contribution in [3.8, 4) is 34.1 Å². The van der Waals surface area contributed by atoms with E-state index < -0.39 is 0 Å².